The minimum Gasteiger partial charge on any atom is -0.381 e. The highest BCUT2D eigenvalue weighted by Gasteiger charge is 2.04. The Labute approximate surface area is 111 Å². The first-order valence-corrected chi connectivity index (χ1v) is 5.95. The number of rotatable bonds is 5. The smallest absolute Gasteiger partial charge is 0.159 e. The topological polar surface area (TPSA) is 21.3 Å². The number of benzene rings is 2. The Morgan fingerprint density at radius 2 is 1.84 bits per heavy atom. The second-order valence-corrected chi connectivity index (χ2v) is 4.19. The van der Waals surface area contributed by atoms with Crippen LogP contribution in [0.15, 0.2) is 42.5 Å². The summed E-state index contributed by atoms with van der Waals surface area (Å²) in [5, 5.41) is 3.19. The number of anilines is 1. The zero-order valence-electron chi connectivity index (χ0n) is 10.6. The Morgan fingerprint density at radius 1 is 1.05 bits per heavy atom. The van der Waals surface area contributed by atoms with Crippen LogP contribution in [0.3, 0.4) is 0 Å². The van der Waals surface area contributed by atoms with E-state index in [0.717, 1.165) is 17.3 Å². The molecule has 0 fully saturated rings. The number of methoxy groups -OCH3 is 1. The summed E-state index contributed by atoms with van der Waals surface area (Å²) < 4.78 is 31.0. The van der Waals surface area contributed by atoms with E-state index in [1.165, 1.54) is 6.07 Å². The second kappa shape index (κ2) is 6.29. The van der Waals surface area contributed by atoms with Crippen LogP contribution < -0.4 is 5.32 Å². The van der Waals surface area contributed by atoms with E-state index in [-0.39, 0.29) is 0 Å². The molecule has 0 aliphatic rings. The van der Waals surface area contributed by atoms with Gasteiger partial charge in [0.05, 0.1) is 6.61 Å². The minimum absolute atomic E-state index is 0.428. The lowest BCUT2D eigenvalue weighted by molar-refractivity contribution is 0.185. The molecule has 2 rings (SSSR count). The predicted octanol–water partition coefficient (Wildman–Crippen LogP) is 3.72. The van der Waals surface area contributed by atoms with E-state index >= 15 is 0 Å². The number of hydrogen-bond acceptors (Lipinski definition) is 2. The van der Waals surface area contributed by atoms with Crippen LogP contribution in [0.25, 0.3) is 0 Å². The number of halogens is 2. The summed E-state index contributed by atoms with van der Waals surface area (Å²) in [5.74, 6) is -1.66. The average Bonchev–Trinajstić information content (AvgIpc) is 2.42. The molecule has 0 heterocycles. The molecule has 2 nitrogen and oxygen atoms in total. The normalized spacial score (nSPS) is 10.5. The highest BCUT2D eigenvalue weighted by molar-refractivity contribution is 5.51. The van der Waals surface area contributed by atoms with Crippen molar-refractivity contribution in [2.45, 2.75) is 13.2 Å². The number of ether oxygens (including phenoxy) is 1. The van der Waals surface area contributed by atoms with Crippen molar-refractivity contribution in [1.82, 2.24) is 0 Å². The Hall–Kier alpha value is -1.94. The summed E-state index contributed by atoms with van der Waals surface area (Å²) in [7, 11) is 1.63. The van der Waals surface area contributed by atoms with Crippen molar-refractivity contribution in [1.29, 1.82) is 0 Å². The third-order valence-electron chi connectivity index (χ3n) is 2.78. The van der Waals surface area contributed by atoms with Gasteiger partial charge in [0.2, 0.25) is 0 Å². The summed E-state index contributed by atoms with van der Waals surface area (Å²) in [5.41, 5.74) is 2.63. The highest BCUT2D eigenvalue weighted by atomic mass is 19.2. The minimum atomic E-state index is -0.830. The Bertz CT molecular complexity index is 558. The molecule has 1 N–H and O–H groups in total. The van der Waals surface area contributed by atoms with Crippen molar-refractivity contribution < 1.29 is 13.5 Å². The number of hydrogen-bond donors (Lipinski definition) is 1. The molecular formula is C15H15F2NO. The average molecular weight is 263 g/mol. The molecule has 2 aromatic rings. The molecule has 0 bridgehead atoms. The van der Waals surface area contributed by atoms with Gasteiger partial charge in [0.15, 0.2) is 11.6 Å². The van der Waals surface area contributed by atoms with Gasteiger partial charge in [0.25, 0.3) is 0 Å². The maximum atomic E-state index is 13.1. The predicted molar refractivity (Wildman–Crippen MR) is 70.8 cm³/mol. The Morgan fingerprint density at radius 3 is 2.58 bits per heavy atom. The van der Waals surface area contributed by atoms with E-state index in [0.29, 0.717) is 18.7 Å². The van der Waals surface area contributed by atoms with Gasteiger partial charge in [-0.15, -0.1) is 0 Å². The fraction of sp³-hybridized carbons (Fsp3) is 0.200. The molecule has 2 aromatic carbocycles. The maximum absolute atomic E-state index is 13.1. The molecule has 0 spiro atoms. The summed E-state index contributed by atoms with van der Waals surface area (Å²) in [6.07, 6.45) is 0. The molecule has 0 unspecified atom stereocenters. The highest BCUT2D eigenvalue weighted by Crippen LogP contribution is 2.17. The van der Waals surface area contributed by atoms with Crippen molar-refractivity contribution in [3.05, 3.63) is 65.2 Å². The van der Waals surface area contributed by atoms with Gasteiger partial charge in [0.1, 0.15) is 0 Å². The summed E-state index contributed by atoms with van der Waals surface area (Å²) in [6, 6.07) is 11.6. The molecule has 0 saturated carbocycles. The lowest BCUT2D eigenvalue weighted by atomic mass is 10.1. The monoisotopic (exact) mass is 263 g/mol. The quantitative estimate of drug-likeness (QED) is 0.887. The summed E-state index contributed by atoms with van der Waals surface area (Å²) in [6.45, 7) is 0.929. The maximum Gasteiger partial charge on any atom is 0.159 e. The first-order valence-electron chi connectivity index (χ1n) is 5.95. The van der Waals surface area contributed by atoms with Gasteiger partial charge in [-0.25, -0.2) is 8.78 Å². The van der Waals surface area contributed by atoms with Crippen molar-refractivity contribution in [2.24, 2.45) is 0 Å². The molecule has 0 saturated heterocycles. The third kappa shape index (κ3) is 3.51. The van der Waals surface area contributed by atoms with Gasteiger partial charge in [-0.05, 0) is 23.8 Å². The van der Waals surface area contributed by atoms with Crippen LogP contribution in [0.2, 0.25) is 0 Å². The molecule has 4 heteroatoms. The van der Waals surface area contributed by atoms with Crippen LogP contribution in [0, 0.1) is 11.6 Å². The van der Waals surface area contributed by atoms with Gasteiger partial charge in [-0.3, -0.25) is 0 Å². The van der Waals surface area contributed by atoms with Crippen LogP contribution in [0.1, 0.15) is 11.1 Å². The van der Waals surface area contributed by atoms with Gasteiger partial charge in [0, 0.05) is 24.9 Å². The molecule has 0 radical (unpaired) electrons. The van der Waals surface area contributed by atoms with Crippen molar-refractivity contribution in [2.75, 3.05) is 12.4 Å². The molecule has 100 valence electrons. The first kappa shape index (κ1) is 13.5. The fourth-order valence-electron chi connectivity index (χ4n) is 1.82. The van der Waals surface area contributed by atoms with E-state index in [9.17, 15) is 8.78 Å². The van der Waals surface area contributed by atoms with Gasteiger partial charge in [-0.2, -0.15) is 0 Å². The largest absolute Gasteiger partial charge is 0.381 e. The molecule has 0 amide bonds. The third-order valence-corrected chi connectivity index (χ3v) is 2.78. The number of para-hydroxylation sites is 1. The van der Waals surface area contributed by atoms with Crippen LogP contribution >= 0.6 is 0 Å². The lowest BCUT2D eigenvalue weighted by Gasteiger charge is -2.11. The molecule has 0 aliphatic carbocycles. The SMILES string of the molecule is COCc1ccccc1NCc1ccc(F)c(F)c1. The molecule has 19 heavy (non-hydrogen) atoms. The van der Waals surface area contributed by atoms with Crippen LogP contribution in [0.4, 0.5) is 14.5 Å². The van der Waals surface area contributed by atoms with Gasteiger partial charge < -0.3 is 10.1 Å². The summed E-state index contributed by atoms with van der Waals surface area (Å²) >= 11 is 0. The zero-order chi connectivity index (χ0) is 13.7. The van der Waals surface area contributed by atoms with E-state index in [1.807, 2.05) is 24.3 Å². The van der Waals surface area contributed by atoms with Crippen LogP contribution in [-0.4, -0.2) is 7.11 Å². The number of nitrogens with one attached hydrogen (secondary N) is 1. The van der Waals surface area contributed by atoms with Crippen LogP contribution in [0.5, 0.6) is 0 Å². The fourth-order valence-corrected chi connectivity index (χ4v) is 1.82. The summed E-state index contributed by atoms with van der Waals surface area (Å²) in [4.78, 5) is 0. The van der Waals surface area contributed by atoms with Gasteiger partial charge >= 0.3 is 0 Å². The molecule has 0 aromatic heterocycles. The van der Waals surface area contributed by atoms with Gasteiger partial charge in [-0.1, -0.05) is 24.3 Å². The van der Waals surface area contributed by atoms with Crippen molar-refractivity contribution in [3.63, 3.8) is 0 Å². The Balaban J connectivity index is 2.07. The zero-order valence-corrected chi connectivity index (χ0v) is 10.6. The van der Waals surface area contributed by atoms with E-state index in [4.69, 9.17) is 4.74 Å². The van der Waals surface area contributed by atoms with E-state index in [2.05, 4.69) is 5.32 Å². The standard InChI is InChI=1S/C15H15F2NO/c1-19-10-12-4-2-3-5-15(12)18-9-11-6-7-13(16)14(17)8-11/h2-8,18H,9-10H2,1H3. The van der Waals surface area contributed by atoms with Crippen molar-refractivity contribution >= 4 is 5.69 Å². The first-order chi connectivity index (χ1) is 9.20. The second-order valence-electron chi connectivity index (χ2n) is 4.19. The Kier molecular flexibility index (Phi) is 4.47. The van der Waals surface area contributed by atoms with Crippen LogP contribution in [-0.2, 0) is 17.9 Å². The van der Waals surface area contributed by atoms with Crippen molar-refractivity contribution in [3.8, 4) is 0 Å². The lowest BCUT2D eigenvalue weighted by Crippen LogP contribution is -2.03. The molecule has 0 atom stereocenters. The van der Waals surface area contributed by atoms with E-state index < -0.39 is 11.6 Å². The molecule has 0 aliphatic heterocycles. The van der Waals surface area contributed by atoms with E-state index in [1.54, 1.807) is 13.2 Å². The molecular weight excluding hydrogens is 248 g/mol.